The summed E-state index contributed by atoms with van der Waals surface area (Å²) in [6.45, 7) is 7.42. The van der Waals surface area contributed by atoms with Gasteiger partial charge in [0, 0.05) is 12.2 Å². The topological polar surface area (TPSA) is 93.0 Å². The second-order valence-electron chi connectivity index (χ2n) is 8.51. The highest BCUT2D eigenvalue weighted by Crippen LogP contribution is 2.35. The second kappa shape index (κ2) is 12.9. The zero-order valence-corrected chi connectivity index (χ0v) is 18.5. The van der Waals surface area contributed by atoms with E-state index in [2.05, 4.69) is 36.1 Å². The van der Waals surface area contributed by atoms with Gasteiger partial charge < -0.3 is 20.8 Å². The number of carbonyl (C=O) groups is 1. The molecule has 6 nitrogen and oxygen atoms in total. The third kappa shape index (κ3) is 8.72. The summed E-state index contributed by atoms with van der Waals surface area (Å²) in [6, 6.07) is 0. The van der Waals surface area contributed by atoms with E-state index in [-0.39, 0.29) is 24.6 Å². The van der Waals surface area contributed by atoms with Gasteiger partial charge in [-0.05, 0) is 49.9 Å². The largest absolute Gasteiger partial charge is 0.446 e. The van der Waals surface area contributed by atoms with E-state index in [1.807, 2.05) is 6.20 Å². The molecule has 1 aliphatic rings. The average molecular weight is 415 g/mol. The van der Waals surface area contributed by atoms with Crippen LogP contribution in [0.25, 0.3) is 0 Å². The minimum Gasteiger partial charge on any atom is -0.446 e. The number of aryl methyl sites for hydroxylation is 1. The molecule has 0 bridgehead atoms. The molecule has 0 aromatic carbocycles. The molecule has 0 aliphatic heterocycles. The lowest BCUT2D eigenvalue weighted by Gasteiger charge is -2.36. The van der Waals surface area contributed by atoms with Crippen molar-refractivity contribution in [3.05, 3.63) is 11.9 Å². The number of rotatable bonds is 10. The first-order chi connectivity index (χ1) is 13.0. The maximum Gasteiger partial charge on any atom is 0.407 e. The van der Waals surface area contributed by atoms with Crippen LogP contribution in [0.4, 0.5) is 10.7 Å². The molecule has 3 atom stereocenters. The highest BCUT2D eigenvalue weighted by molar-refractivity contribution is 5.85. The number of anilines is 1. The van der Waals surface area contributed by atoms with Crippen molar-refractivity contribution in [2.75, 3.05) is 12.3 Å². The monoisotopic (exact) mass is 414 g/mol. The Kier molecular flexibility index (Phi) is 11.4. The summed E-state index contributed by atoms with van der Waals surface area (Å²) >= 11 is 0. The van der Waals surface area contributed by atoms with E-state index < -0.39 is 0 Å². The fourth-order valence-corrected chi connectivity index (χ4v) is 4.09. The molecule has 0 saturated heterocycles. The number of alkyl carbamates (subject to hydrolysis) is 1. The highest BCUT2D eigenvalue weighted by atomic mass is 35.5. The molecular formula is C21H39ClN4O2. The molecule has 0 spiro atoms. The average Bonchev–Trinajstić information content (AvgIpc) is 3.02. The maximum atomic E-state index is 12.1. The van der Waals surface area contributed by atoms with Crippen molar-refractivity contribution < 1.29 is 9.53 Å². The Bertz CT molecular complexity index is 564. The summed E-state index contributed by atoms with van der Waals surface area (Å²) in [6.07, 6.45) is 11.7. The number of nitrogen functional groups attached to an aromatic ring is 1. The van der Waals surface area contributed by atoms with Crippen LogP contribution in [0.15, 0.2) is 6.20 Å². The van der Waals surface area contributed by atoms with Crippen molar-refractivity contribution in [3.63, 3.8) is 0 Å². The number of carbonyl (C=O) groups excluding carboxylic acids is 1. The fraction of sp³-hybridized carbons (Fsp3) is 0.810. The van der Waals surface area contributed by atoms with Crippen LogP contribution in [0.1, 0.15) is 77.8 Å². The summed E-state index contributed by atoms with van der Waals surface area (Å²) in [5.41, 5.74) is 6.67. The van der Waals surface area contributed by atoms with Gasteiger partial charge >= 0.3 is 6.09 Å². The highest BCUT2D eigenvalue weighted by Gasteiger charge is 2.33. The van der Waals surface area contributed by atoms with E-state index in [9.17, 15) is 4.79 Å². The quantitative estimate of drug-likeness (QED) is 0.464. The number of unbranched alkanes of at least 4 members (excludes halogenated alkanes) is 4. The molecule has 28 heavy (non-hydrogen) atoms. The van der Waals surface area contributed by atoms with E-state index >= 15 is 0 Å². The second-order valence-corrected chi connectivity index (χ2v) is 8.51. The number of nitrogens with zero attached hydrogens (tertiary/aromatic N) is 1. The predicted octanol–water partition coefficient (Wildman–Crippen LogP) is 5.09. The number of ether oxygens (including phenoxy) is 1. The fourth-order valence-electron chi connectivity index (χ4n) is 4.09. The van der Waals surface area contributed by atoms with Gasteiger partial charge in [-0.2, -0.15) is 0 Å². The molecule has 0 radical (unpaired) electrons. The molecule has 7 heteroatoms. The van der Waals surface area contributed by atoms with E-state index in [1.165, 1.54) is 25.7 Å². The molecule has 4 N–H and O–H groups in total. The van der Waals surface area contributed by atoms with Crippen LogP contribution in [-0.4, -0.2) is 28.7 Å². The molecule has 1 fully saturated rings. The van der Waals surface area contributed by atoms with Gasteiger partial charge in [-0.3, -0.25) is 0 Å². The van der Waals surface area contributed by atoms with Crippen LogP contribution in [0.5, 0.6) is 0 Å². The standard InChI is InChI=1S/C21H38N4O2.ClH/c1-15(2)18-11-10-16(3)13-19(18)27-21(26)23-12-8-6-4-5-7-9-17-14-24-20(22)25-17;/h14-16,18-19H,4-13H2,1-3H3,(H,23,26)(H3,22,24,25);1H/t16-,18+,19-;/m1./s1. The molecule has 2 rings (SSSR count). The lowest BCUT2D eigenvalue weighted by Crippen LogP contribution is -2.39. The summed E-state index contributed by atoms with van der Waals surface area (Å²) in [5.74, 6) is 2.20. The van der Waals surface area contributed by atoms with Crippen LogP contribution in [0.2, 0.25) is 0 Å². The first-order valence-electron chi connectivity index (χ1n) is 10.7. The number of hydrogen-bond donors (Lipinski definition) is 3. The lowest BCUT2D eigenvalue weighted by atomic mass is 9.75. The molecule has 1 amide bonds. The molecule has 0 unspecified atom stereocenters. The van der Waals surface area contributed by atoms with E-state index in [1.54, 1.807) is 0 Å². The van der Waals surface area contributed by atoms with Crippen molar-refractivity contribution in [3.8, 4) is 0 Å². The molecule has 1 saturated carbocycles. The Morgan fingerprint density at radius 1 is 1.29 bits per heavy atom. The Morgan fingerprint density at radius 2 is 2.00 bits per heavy atom. The van der Waals surface area contributed by atoms with Gasteiger partial charge in [0.25, 0.3) is 0 Å². The van der Waals surface area contributed by atoms with Crippen molar-refractivity contribution in [1.82, 2.24) is 15.3 Å². The first kappa shape index (κ1) is 24.6. The number of H-pyrrole nitrogens is 1. The van der Waals surface area contributed by atoms with Crippen LogP contribution < -0.4 is 11.1 Å². The third-order valence-corrected chi connectivity index (χ3v) is 5.76. The van der Waals surface area contributed by atoms with Crippen LogP contribution >= 0.6 is 12.4 Å². The Hall–Kier alpha value is -1.43. The number of hydrogen-bond acceptors (Lipinski definition) is 4. The number of aromatic nitrogens is 2. The molecular weight excluding hydrogens is 376 g/mol. The molecule has 1 heterocycles. The maximum absolute atomic E-state index is 12.1. The van der Waals surface area contributed by atoms with Crippen molar-refractivity contribution >= 4 is 24.4 Å². The number of nitrogens with two attached hydrogens (primary N) is 1. The zero-order valence-electron chi connectivity index (χ0n) is 17.7. The summed E-state index contributed by atoms with van der Waals surface area (Å²) in [4.78, 5) is 19.2. The molecule has 1 aliphatic carbocycles. The minimum atomic E-state index is -0.239. The van der Waals surface area contributed by atoms with Gasteiger partial charge in [0.05, 0.1) is 6.20 Å². The van der Waals surface area contributed by atoms with Crippen LogP contribution in [0.3, 0.4) is 0 Å². The number of aromatic amines is 1. The van der Waals surface area contributed by atoms with Gasteiger partial charge in [-0.15, -0.1) is 12.4 Å². The Balaban J connectivity index is 0.00000392. The Morgan fingerprint density at radius 3 is 2.68 bits per heavy atom. The summed E-state index contributed by atoms with van der Waals surface area (Å²) in [5, 5.41) is 2.94. The van der Waals surface area contributed by atoms with E-state index in [4.69, 9.17) is 10.5 Å². The molecule has 162 valence electrons. The Labute approximate surface area is 176 Å². The van der Waals surface area contributed by atoms with Gasteiger partial charge in [0.15, 0.2) is 5.95 Å². The van der Waals surface area contributed by atoms with Gasteiger partial charge in [-0.25, -0.2) is 9.78 Å². The summed E-state index contributed by atoms with van der Waals surface area (Å²) in [7, 11) is 0. The van der Waals surface area contributed by atoms with E-state index in [0.29, 0.717) is 30.2 Å². The number of imidazole rings is 1. The predicted molar refractivity (Wildman–Crippen MR) is 117 cm³/mol. The number of nitrogens with one attached hydrogen (secondary N) is 2. The number of halogens is 1. The van der Waals surface area contributed by atoms with Gasteiger partial charge in [0.2, 0.25) is 0 Å². The minimum absolute atomic E-state index is 0. The molecule has 1 aromatic rings. The number of amides is 1. The van der Waals surface area contributed by atoms with Crippen molar-refractivity contribution in [2.45, 2.75) is 84.7 Å². The molecule has 1 aromatic heterocycles. The van der Waals surface area contributed by atoms with Crippen molar-refractivity contribution in [1.29, 1.82) is 0 Å². The summed E-state index contributed by atoms with van der Waals surface area (Å²) < 4.78 is 5.76. The smallest absolute Gasteiger partial charge is 0.407 e. The first-order valence-corrected chi connectivity index (χ1v) is 10.7. The van der Waals surface area contributed by atoms with Crippen LogP contribution in [-0.2, 0) is 11.2 Å². The van der Waals surface area contributed by atoms with Crippen LogP contribution in [0, 0.1) is 17.8 Å². The SMILES string of the molecule is CC(C)[C@@H]1CC[C@@H](C)C[C@H]1OC(=O)NCCCCCCCc1cnc(N)[nH]1.Cl. The van der Waals surface area contributed by atoms with E-state index in [0.717, 1.165) is 37.8 Å². The normalized spacial score (nSPS) is 21.9. The van der Waals surface area contributed by atoms with Crippen molar-refractivity contribution in [2.24, 2.45) is 17.8 Å². The van der Waals surface area contributed by atoms with Gasteiger partial charge in [-0.1, -0.05) is 46.5 Å². The van der Waals surface area contributed by atoms with Gasteiger partial charge in [0.1, 0.15) is 6.10 Å². The zero-order chi connectivity index (χ0) is 19.6. The lowest BCUT2D eigenvalue weighted by molar-refractivity contribution is 0.00622. The third-order valence-electron chi connectivity index (χ3n) is 5.76.